The van der Waals surface area contributed by atoms with Crippen LogP contribution in [0.4, 0.5) is 25.4 Å². The molecule has 0 radical (unpaired) electrons. The van der Waals surface area contributed by atoms with Crippen LogP contribution in [0.2, 0.25) is 0 Å². The lowest BCUT2D eigenvalue weighted by Gasteiger charge is -2.03. The molecule has 1 aromatic heterocycles. The average molecular weight is 378 g/mol. The zero-order valence-electron chi connectivity index (χ0n) is 12.6. The first-order chi connectivity index (χ1) is 12.0. The summed E-state index contributed by atoms with van der Waals surface area (Å²) in [5.74, 6) is -2.82. The number of nitrogen functional groups attached to an aromatic ring is 1. The third-order valence-corrected chi connectivity index (χ3v) is 4.78. The van der Waals surface area contributed by atoms with E-state index in [4.69, 9.17) is 10.9 Å². The summed E-state index contributed by atoms with van der Waals surface area (Å²) in [7, 11) is 0. The number of nitrogens with one attached hydrogen (secondary N) is 1. The number of ketones is 1. The van der Waals surface area contributed by atoms with Crippen molar-refractivity contribution in [3.8, 4) is 0 Å². The second kappa shape index (κ2) is 7.18. The Morgan fingerprint density at radius 3 is 2.52 bits per heavy atom. The summed E-state index contributed by atoms with van der Waals surface area (Å²) in [6.07, 6.45) is 0. The van der Waals surface area contributed by atoms with Crippen molar-refractivity contribution in [2.75, 3.05) is 11.1 Å². The number of benzene rings is 2. The Hall–Kier alpha value is -2.49. The lowest BCUT2D eigenvalue weighted by molar-refractivity contribution is 0.103. The second-order valence-electron chi connectivity index (χ2n) is 4.93. The lowest BCUT2D eigenvalue weighted by Crippen LogP contribution is -2.07. The fourth-order valence-electron chi connectivity index (χ4n) is 2.15. The normalized spacial score (nSPS) is 10.7. The number of carbonyl (C=O) groups excluding carboxylic acids is 1. The van der Waals surface area contributed by atoms with E-state index in [0.717, 1.165) is 40.3 Å². The Morgan fingerprint density at radius 1 is 1.16 bits per heavy atom. The van der Waals surface area contributed by atoms with Gasteiger partial charge in [0.25, 0.3) is 0 Å². The molecule has 5 nitrogen and oxygen atoms in total. The van der Waals surface area contributed by atoms with E-state index >= 15 is 0 Å². The Balaban J connectivity index is 1.91. The Labute approximate surface area is 150 Å². The van der Waals surface area contributed by atoms with E-state index in [1.165, 1.54) is 6.07 Å². The molecule has 0 unspecified atom stereocenters. The van der Waals surface area contributed by atoms with E-state index in [-0.39, 0.29) is 10.7 Å². The summed E-state index contributed by atoms with van der Waals surface area (Å²) in [5.41, 5.74) is 5.81. The molecule has 0 aliphatic carbocycles. The number of halogens is 2. The van der Waals surface area contributed by atoms with Crippen LogP contribution in [0.5, 0.6) is 0 Å². The number of hydrogen-bond acceptors (Lipinski definition) is 7. The van der Waals surface area contributed by atoms with Gasteiger partial charge in [0, 0.05) is 10.6 Å². The van der Waals surface area contributed by atoms with E-state index in [1.54, 1.807) is 18.2 Å². The summed E-state index contributed by atoms with van der Waals surface area (Å²) in [6, 6.07) is 10.4. The number of nitrogens with two attached hydrogens (primary N) is 2. The van der Waals surface area contributed by atoms with Crippen molar-refractivity contribution in [3.05, 3.63) is 64.5 Å². The van der Waals surface area contributed by atoms with Crippen molar-refractivity contribution in [1.82, 2.24) is 4.98 Å². The van der Waals surface area contributed by atoms with Crippen LogP contribution in [-0.4, -0.2) is 10.8 Å². The molecule has 0 amide bonds. The summed E-state index contributed by atoms with van der Waals surface area (Å²) >= 11 is 2.01. The zero-order chi connectivity index (χ0) is 18.0. The molecule has 0 bridgehead atoms. The third-order valence-electron chi connectivity index (χ3n) is 3.27. The molecule has 0 atom stereocenters. The molecule has 0 saturated heterocycles. The van der Waals surface area contributed by atoms with Crippen molar-refractivity contribution in [1.29, 1.82) is 0 Å². The fraction of sp³-hybridized carbons (Fsp3) is 0. The number of nitrogens with zero attached hydrogens (tertiary/aromatic N) is 1. The minimum absolute atomic E-state index is 0.0316. The Morgan fingerprint density at radius 2 is 1.84 bits per heavy atom. The first kappa shape index (κ1) is 17.3. The van der Waals surface area contributed by atoms with Gasteiger partial charge in [-0.05, 0) is 42.3 Å². The van der Waals surface area contributed by atoms with E-state index in [2.05, 4.69) is 10.3 Å². The Kier molecular flexibility index (Phi) is 4.98. The summed E-state index contributed by atoms with van der Waals surface area (Å²) in [5, 5.41) is 8.84. The third kappa shape index (κ3) is 3.63. The topological polar surface area (TPSA) is 94.0 Å². The van der Waals surface area contributed by atoms with E-state index < -0.39 is 23.0 Å². The van der Waals surface area contributed by atoms with Crippen LogP contribution >= 0.6 is 23.3 Å². The van der Waals surface area contributed by atoms with Gasteiger partial charge in [-0.1, -0.05) is 23.5 Å². The molecule has 5 N–H and O–H groups in total. The van der Waals surface area contributed by atoms with E-state index in [1.807, 2.05) is 6.07 Å². The average Bonchev–Trinajstić information content (AvgIpc) is 2.95. The van der Waals surface area contributed by atoms with Gasteiger partial charge in [-0.15, -0.1) is 0 Å². The van der Waals surface area contributed by atoms with Gasteiger partial charge in [0.15, 0.2) is 5.13 Å². The van der Waals surface area contributed by atoms with Crippen LogP contribution in [0.15, 0.2) is 47.4 Å². The molecule has 0 aliphatic heterocycles. The van der Waals surface area contributed by atoms with Gasteiger partial charge in [0.05, 0.1) is 5.56 Å². The minimum Gasteiger partial charge on any atom is -0.382 e. The van der Waals surface area contributed by atoms with Crippen LogP contribution in [-0.2, 0) is 0 Å². The molecule has 25 heavy (non-hydrogen) atoms. The van der Waals surface area contributed by atoms with Crippen molar-refractivity contribution < 1.29 is 13.6 Å². The summed E-state index contributed by atoms with van der Waals surface area (Å²) < 4.78 is 27.6. The SMILES string of the molecule is NSc1cccc(Nc2nc(N)c(C(=O)c3c(F)cccc3F)s2)c1. The molecule has 9 heteroatoms. The maximum atomic E-state index is 13.8. The van der Waals surface area contributed by atoms with Crippen molar-refractivity contribution >= 4 is 45.7 Å². The highest BCUT2D eigenvalue weighted by molar-refractivity contribution is 7.97. The zero-order valence-corrected chi connectivity index (χ0v) is 14.3. The molecule has 3 rings (SSSR count). The summed E-state index contributed by atoms with van der Waals surface area (Å²) in [4.78, 5) is 17.3. The maximum Gasteiger partial charge on any atom is 0.212 e. The number of hydrogen-bond donors (Lipinski definition) is 3. The number of anilines is 3. The maximum absolute atomic E-state index is 13.8. The monoisotopic (exact) mass is 378 g/mol. The second-order valence-corrected chi connectivity index (χ2v) is 6.64. The van der Waals surface area contributed by atoms with Gasteiger partial charge in [-0.3, -0.25) is 9.93 Å². The van der Waals surface area contributed by atoms with Crippen molar-refractivity contribution in [2.45, 2.75) is 4.90 Å². The van der Waals surface area contributed by atoms with Crippen LogP contribution in [0.3, 0.4) is 0 Å². The van der Waals surface area contributed by atoms with Gasteiger partial charge < -0.3 is 11.1 Å². The van der Waals surface area contributed by atoms with Gasteiger partial charge in [-0.25, -0.2) is 13.8 Å². The van der Waals surface area contributed by atoms with Crippen LogP contribution in [0.25, 0.3) is 0 Å². The van der Waals surface area contributed by atoms with Gasteiger partial charge >= 0.3 is 0 Å². The lowest BCUT2D eigenvalue weighted by atomic mass is 10.1. The van der Waals surface area contributed by atoms with Crippen LogP contribution < -0.4 is 16.2 Å². The summed E-state index contributed by atoms with van der Waals surface area (Å²) in [6.45, 7) is 0. The van der Waals surface area contributed by atoms with Gasteiger partial charge in [0.2, 0.25) is 5.78 Å². The largest absolute Gasteiger partial charge is 0.382 e. The number of thiazole rings is 1. The van der Waals surface area contributed by atoms with Crippen LogP contribution in [0.1, 0.15) is 15.2 Å². The molecule has 0 saturated carbocycles. The molecule has 0 fully saturated rings. The molecular weight excluding hydrogens is 366 g/mol. The fourth-order valence-corrected chi connectivity index (χ4v) is 3.35. The van der Waals surface area contributed by atoms with Crippen molar-refractivity contribution in [2.24, 2.45) is 5.14 Å². The standard InChI is InChI=1S/C16H12F2N4OS2/c17-10-5-2-6-11(18)12(10)13(23)14-15(19)22-16(24-14)21-8-3-1-4-9(7-8)25-20/h1-7H,19-20H2,(H,21,22). The predicted molar refractivity (Wildman–Crippen MR) is 96.1 cm³/mol. The predicted octanol–water partition coefficient (Wildman–Crippen LogP) is 3.94. The molecule has 0 spiro atoms. The highest BCUT2D eigenvalue weighted by atomic mass is 32.2. The molecule has 0 aliphatic rings. The molecule has 3 aromatic rings. The highest BCUT2D eigenvalue weighted by Gasteiger charge is 2.24. The Bertz CT molecular complexity index is 925. The number of carbonyl (C=O) groups is 1. The smallest absolute Gasteiger partial charge is 0.212 e. The van der Waals surface area contributed by atoms with E-state index in [0.29, 0.717) is 10.8 Å². The van der Waals surface area contributed by atoms with E-state index in [9.17, 15) is 13.6 Å². The van der Waals surface area contributed by atoms with Gasteiger partial charge in [-0.2, -0.15) is 0 Å². The molecule has 1 heterocycles. The molecule has 2 aromatic carbocycles. The quantitative estimate of drug-likeness (QED) is 0.460. The number of rotatable bonds is 5. The first-order valence-corrected chi connectivity index (χ1v) is 8.68. The van der Waals surface area contributed by atoms with Crippen molar-refractivity contribution in [3.63, 3.8) is 0 Å². The molecular formula is C16H12F2N4OS2. The highest BCUT2D eigenvalue weighted by Crippen LogP contribution is 2.31. The van der Waals surface area contributed by atoms with Gasteiger partial charge in [0.1, 0.15) is 22.3 Å². The number of aromatic nitrogens is 1. The van der Waals surface area contributed by atoms with Crippen LogP contribution in [0, 0.1) is 11.6 Å². The molecule has 128 valence electrons. The minimum atomic E-state index is -0.944. The first-order valence-electron chi connectivity index (χ1n) is 6.98.